The highest BCUT2D eigenvalue weighted by Gasteiger charge is 2.36. The Kier molecular flexibility index (Phi) is 6.06. The first kappa shape index (κ1) is 21.5. The molecule has 0 radical (unpaired) electrons. The molecule has 1 amide bonds. The third-order valence-corrected chi connectivity index (χ3v) is 7.87. The van der Waals surface area contributed by atoms with E-state index in [2.05, 4.69) is 20.0 Å². The van der Waals surface area contributed by atoms with Gasteiger partial charge in [0, 0.05) is 28.9 Å². The summed E-state index contributed by atoms with van der Waals surface area (Å²) in [5.41, 5.74) is 4.27. The van der Waals surface area contributed by atoms with E-state index in [9.17, 15) is 13.2 Å². The number of aromatic nitrogens is 2. The molecule has 0 aliphatic heterocycles. The molecule has 3 aromatic rings. The summed E-state index contributed by atoms with van der Waals surface area (Å²) in [5, 5.41) is 4.81. The van der Waals surface area contributed by atoms with Crippen molar-refractivity contribution in [1.29, 1.82) is 0 Å². The quantitative estimate of drug-likeness (QED) is 0.526. The standard InChI is InChI=1S/C22H24N4O3S2/c1-3-19(20-13-30-22(25-20)26-31(28,29)18-8-9-18)24-21(27)16-6-4-15(5-7-16)17-10-14(2)11-23-12-17/h4-7,10-13,18-19H,3,8-9H2,1-2H3,(H,24,27)(H,25,26). The Balaban J connectivity index is 1.43. The monoisotopic (exact) mass is 456 g/mol. The maximum atomic E-state index is 12.8. The average molecular weight is 457 g/mol. The van der Waals surface area contributed by atoms with Gasteiger partial charge in [0.15, 0.2) is 5.13 Å². The van der Waals surface area contributed by atoms with Crippen LogP contribution < -0.4 is 10.0 Å². The highest BCUT2D eigenvalue weighted by atomic mass is 32.2. The number of hydrogen-bond donors (Lipinski definition) is 2. The van der Waals surface area contributed by atoms with Gasteiger partial charge >= 0.3 is 0 Å². The van der Waals surface area contributed by atoms with Gasteiger partial charge in [-0.2, -0.15) is 0 Å². The Morgan fingerprint density at radius 1 is 1.19 bits per heavy atom. The average Bonchev–Trinajstić information content (AvgIpc) is 3.53. The summed E-state index contributed by atoms with van der Waals surface area (Å²) in [7, 11) is -3.35. The van der Waals surface area contributed by atoms with Crippen LogP contribution in [-0.4, -0.2) is 29.5 Å². The van der Waals surface area contributed by atoms with Gasteiger partial charge in [-0.25, -0.2) is 13.4 Å². The number of pyridine rings is 1. The van der Waals surface area contributed by atoms with Gasteiger partial charge in [-0.1, -0.05) is 19.1 Å². The molecule has 2 aromatic heterocycles. The summed E-state index contributed by atoms with van der Waals surface area (Å²) in [6.45, 7) is 3.94. The van der Waals surface area contributed by atoms with Crippen LogP contribution in [0.25, 0.3) is 11.1 Å². The van der Waals surface area contributed by atoms with Gasteiger partial charge in [0.05, 0.1) is 17.0 Å². The number of anilines is 1. The Hall–Kier alpha value is -2.78. The molecule has 1 aromatic carbocycles. The molecule has 0 spiro atoms. The first-order chi connectivity index (χ1) is 14.9. The minimum absolute atomic E-state index is 0.200. The van der Waals surface area contributed by atoms with Gasteiger partial charge in [-0.05, 0) is 55.5 Å². The highest BCUT2D eigenvalue weighted by molar-refractivity contribution is 7.93. The fourth-order valence-corrected chi connectivity index (χ4v) is 5.59. The molecule has 1 saturated carbocycles. The van der Waals surface area contributed by atoms with Gasteiger partial charge in [0.1, 0.15) is 0 Å². The Morgan fingerprint density at radius 3 is 2.58 bits per heavy atom. The second kappa shape index (κ2) is 8.76. The van der Waals surface area contributed by atoms with E-state index in [-0.39, 0.29) is 17.2 Å². The summed E-state index contributed by atoms with van der Waals surface area (Å²) in [5.74, 6) is -0.200. The first-order valence-electron chi connectivity index (χ1n) is 10.2. The minimum Gasteiger partial charge on any atom is -0.344 e. The number of carbonyl (C=O) groups excluding carboxylic acids is 1. The van der Waals surface area contributed by atoms with E-state index in [0.717, 1.165) is 16.7 Å². The van der Waals surface area contributed by atoms with Crippen molar-refractivity contribution in [1.82, 2.24) is 15.3 Å². The SMILES string of the molecule is CCC(NC(=O)c1ccc(-c2cncc(C)c2)cc1)c1csc(NS(=O)(=O)C2CC2)n1. The van der Waals surface area contributed by atoms with Crippen LogP contribution in [0, 0.1) is 6.92 Å². The van der Waals surface area contributed by atoms with E-state index in [0.29, 0.717) is 35.7 Å². The van der Waals surface area contributed by atoms with E-state index < -0.39 is 10.0 Å². The third-order valence-electron chi connectivity index (χ3n) is 5.14. The van der Waals surface area contributed by atoms with Crippen LogP contribution in [0.5, 0.6) is 0 Å². The van der Waals surface area contributed by atoms with Gasteiger partial charge < -0.3 is 5.32 Å². The van der Waals surface area contributed by atoms with Crippen molar-refractivity contribution in [3.05, 3.63) is 64.9 Å². The van der Waals surface area contributed by atoms with Gasteiger partial charge in [0.2, 0.25) is 10.0 Å². The lowest BCUT2D eigenvalue weighted by atomic mass is 10.0. The zero-order chi connectivity index (χ0) is 22.0. The summed E-state index contributed by atoms with van der Waals surface area (Å²) < 4.78 is 26.8. The van der Waals surface area contributed by atoms with Crippen molar-refractivity contribution in [2.75, 3.05) is 4.72 Å². The number of rotatable bonds is 8. The molecule has 1 unspecified atom stereocenters. The number of thiazole rings is 1. The molecule has 1 fully saturated rings. The smallest absolute Gasteiger partial charge is 0.251 e. The second-order valence-corrected chi connectivity index (χ2v) is 10.5. The van der Waals surface area contributed by atoms with Gasteiger partial charge in [-0.15, -0.1) is 11.3 Å². The molecule has 4 rings (SSSR count). The maximum absolute atomic E-state index is 12.8. The third kappa shape index (κ3) is 5.11. The van der Waals surface area contributed by atoms with Crippen molar-refractivity contribution in [3.8, 4) is 11.1 Å². The molecule has 2 heterocycles. The zero-order valence-corrected chi connectivity index (χ0v) is 19.0. The molecule has 1 atom stereocenters. The van der Waals surface area contributed by atoms with E-state index in [4.69, 9.17) is 0 Å². The van der Waals surface area contributed by atoms with Crippen LogP contribution in [0.15, 0.2) is 48.1 Å². The van der Waals surface area contributed by atoms with Crippen LogP contribution in [-0.2, 0) is 10.0 Å². The number of nitrogens with zero attached hydrogens (tertiary/aromatic N) is 2. The fraction of sp³-hybridized carbons (Fsp3) is 0.318. The molecular formula is C22H24N4O3S2. The number of sulfonamides is 1. The van der Waals surface area contributed by atoms with Crippen molar-refractivity contribution in [2.24, 2.45) is 0 Å². The number of carbonyl (C=O) groups is 1. The molecule has 0 saturated heterocycles. The molecule has 9 heteroatoms. The second-order valence-electron chi connectivity index (χ2n) is 7.69. The van der Waals surface area contributed by atoms with Crippen LogP contribution in [0.4, 0.5) is 5.13 Å². The predicted molar refractivity (Wildman–Crippen MR) is 123 cm³/mol. The lowest BCUT2D eigenvalue weighted by Gasteiger charge is -2.15. The fourth-order valence-electron chi connectivity index (χ4n) is 3.23. The summed E-state index contributed by atoms with van der Waals surface area (Å²) in [6.07, 6.45) is 5.63. The van der Waals surface area contributed by atoms with Crippen molar-refractivity contribution in [3.63, 3.8) is 0 Å². The van der Waals surface area contributed by atoms with Crippen molar-refractivity contribution in [2.45, 2.75) is 44.4 Å². The maximum Gasteiger partial charge on any atom is 0.251 e. The van der Waals surface area contributed by atoms with E-state index in [1.54, 1.807) is 29.9 Å². The lowest BCUT2D eigenvalue weighted by Crippen LogP contribution is -2.28. The lowest BCUT2D eigenvalue weighted by molar-refractivity contribution is 0.0935. The van der Waals surface area contributed by atoms with Crippen LogP contribution in [0.3, 0.4) is 0 Å². The first-order valence-corrected chi connectivity index (χ1v) is 12.6. The van der Waals surface area contributed by atoms with Gasteiger partial charge in [-0.3, -0.25) is 14.5 Å². The normalized spacial score (nSPS) is 14.8. The largest absolute Gasteiger partial charge is 0.344 e. The molecule has 1 aliphatic carbocycles. The van der Waals surface area contributed by atoms with Crippen molar-refractivity contribution < 1.29 is 13.2 Å². The molecular weight excluding hydrogens is 432 g/mol. The molecule has 31 heavy (non-hydrogen) atoms. The molecule has 7 nitrogen and oxygen atoms in total. The van der Waals surface area contributed by atoms with Crippen LogP contribution in [0.1, 0.15) is 53.8 Å². The number of benzene rings is 1. The number of nitrogens with one attached hydrogen (secondary N) is 2. The van der Waals surface area contributed by atoms with Crippen LogP contribution >= 0.6 is 11.3 Å². The number of hydrogen-bond acceptors (Lipinski definition) is 6. The van der Waals surface area contributed by atoms with Gasteiger partial charge in [0.25, 0.3) is 5.91 Å². The Morgan fingerprint density at radius 2 is 1.94 bits per heavy atom. The van der Waals surface area contributed by atoms with E-state index in [1.807, 2.05) is 32.0 Å². The topological polar surface area (TPSA) is 101 Å². The highest BCUT2D eigenvalue weighted by Crippen LogP contribution is 2.31. The Bertz CT molecular complexity index is 1190. The van der Waals surface area contributed by atoms with Crippen LogP contribution in [0.2, 0.25) is 0 Å². The van der Waals surface area contributed by atoms with E-state index >= 15 is 0 Å². The Labute approximate surface area is 186 Å². The minimum atomic E-state index is -3.35. The molecule has 0 bridgehead atoms. The summed E-state index contributed by atoms with van der Waals surface area (Å²) in [4.78, 5) is 21.4. The van der Waals surface area contributed by atoms with E-state index in [1.165, 1.54) is 11.3 Å². The summed E-state index contributed by atoms with van der Waals surface area (Å²) >= 11 is 1.23. The number of amides is 1. The molecule has 162 valence electrons. The zero-order valence-electron chi connectivity index (χ0n) is 17.3. The predicted octanol–water partition coefficient (Wildman–Crippen LogP) is 4.30. The summed E-state index contributed by atoms with van der Waals surface area (Å²) in [6, 6.07) is 9.13. The van der Waals surface area contributed by atoms with Crippen molar-refractivity contribution >= 4 is 32.4 Å². The number of aryl methyl sites for hydroxylation is 1. The molecule has 1 aliphatic rings. The molecule has 2 N–H and O–H groups in total.